The van der Waals surface area contributed by atoms with Crippen LogP contribution in [0.15, 0.2) is 59.0 Å². The molecular weight excluding hydrogens is 570 g/mol. The number of hydrogen-bond donors (Lipinski definition) is 2. The normalized spacial score (nSPS) is 16.7. The van der Waals surface area contributed by atoms with E-state index in [-0.39, 0.29) is 24.8 Å². The highest BCUT2D eigenvalue weighted by Gasteiger charge is 2.37. The third kappa shape index (κ3) is 5.23. The molecule has 1 saturated carbocycles. The number of amides is 1. The predicted molar refractivity (Wildman–Crippen MR) is 157 cm³/mol. The topological polar surface area (TPSA) is 109 Å². The molecule has 4 aromatic rings. The number of hydrogen-bond acceptors (Lipinski definition) is 6. The van der Waals surface area contributed by atoms with Crippen LogP contribution in [0.3, 0.4) is 0 Å². The fourth-order valence-corrected chi connectivity index (χ4v) is 6.60. The van der Waals surface area contributed by atoms with Gasteiger partial charge in [0.15, 0.2) is 0 Å². The summed E-state index contributed by atoms with van der Waals surface area (Å²) in [5.41, 5.74) is 3.64. The molecule has 1 unspecified atom stereocenters. The van der Waals surface area contributed by atoms with Gasteiger partial charge in [0.2, 0.25) is 10.0 Å². The Hall–Kier alpha value is -3.38. The zero-order valence-corrected chi connectivity index (χ0v) is 23.9. The van der Waals surface area contributed by atoms with Gasteiger partial charge in [-0.3, -0.25) is 9.10 Å². The third-order valence-corrected chi connectivity index (χ3v) is 9.07. The summed E-state index contributed by atoms with van der Waals surface area (Å²) in [5, 5.41) is 14.1. The van der Waals surface area contributed by atoms with Crippen molar-refractivity contribution >= 4 is 56.8 Å². The lowest BCUT2D eigenvalue weighted by molar-refractivity contribution is 0.0964. The highest BCUT2D eigenvalue weighted by atomic mass is 35.5. The molecule has 1 aromatic heterocycles. The molecule has 8 nitrogen and oxygen atoms in total. The van der Waals surface area contributed by atoms with E-state index in [9.17, 15) is 22.6 Å². The van der Waals surface area contributed by atoms with Crippen LogP contribution in [-0.2, 0) is 14.7 Å². The van der Waals surface area contributed by atoms with Gasteiger partial charge in [0.05, 0.1) is 23.6 Å². The zero-order valence-electron chi connectivity index (χ0n) is 22.4. The van der Waals surface area contributed by atoms with Gasteiger partial charge < -0.3 is 19.4 Å². The van der Waals surface area contributed by atoms with E-state index in [2.05, 4.69) is 5.32 Å². The molecule has 1 aliphatic carbocycles. The van der Waals surface area contributed by atoms with E-state index in [1.807, 2.05) is 6.07 Å². The van der Waals surface area contributed by atoms with Gasteiger partial charge in [0.25, 0.3) is 5.91 Å². The van der Waals surface area contributed by atoms with Crippen LogP contribution in [0.5, 0.6) is 0 Å². The molecule has 1 atom stereocenters. The van der Waals surface area contributed by atoms with Crippen molar-refractivity contribution < 1.29 is 31.7 Å². The van der Waals surface area contributed by atoms with Crippen molar-refractivity contribution in [3.05, 3.63) is 82.1 Å². The van der Waals surface area contributed by atoms with Crippen molar-refractivity contribution in [2.45, 2.75) is 31.3 Å². The summed E-state index contributed by atoms with van der Waals surface area (Å²) in [7, 11) is -3.51. The van der Waals surface area contributed by atoms with Crippen molar-refractivity contribution in [1.29, 1.82) is 0 Å². The van der Waals surface area contributed by atoms with Crippen LogP contribution in [0.2, 0.25) is 5.02 Å². The highest BCUT2D eigenvalue weighted by Crippen LogP contribution is 2.48. The lowest BCUT2D eigenvalue weighted by Gasteiger charge is -2.26. The molecule has 3 aromatic carbocycles. The largest absolute Gasteiger partial charge is 0.492 e. The maximum atomic E-state index is 13.7. The standard InChI is InChI=1S/C29H27BClFN2O6S/c1-33-29(35)27-22-14-21(16-3-4-16)24(15-26(22)39-28(27)17-5-7-18(31)8-6-17)34(41(2,37)38)12-11-25-20-10-9-19(32)13-23(20)30(36)40-25/h5-10,13-16,25,36H,3-4,11-12H2,1-2H3,(H,33,35). The molecule has 1 amide bonds. The molecule has 0 saturated heterocycles. The Morgan fingerprint density at radius 3 is 2.54 bits per heavy atom. The van der Waals surface area contributed by atoms with E-state index in [0.717, 1.165) is 24.7 Å². The molecule has 0 spiro atoms. The summed E-state index contributed by atoms with van der Waals surface area (Å²) in [6, 6.07) is 14.6. The van der Waals surface area contributed by atoms with E-state index >= 15 is 0 Å². The first kappa shape index (κ1) is 27.8. The van der Waals surface area contributed by atoms with Crippen LogP contribution in [0.25, 0.3) is 22.3 Å². The van der Waals surface area contributed by atoms with Crippen LogP contribution in [-0.4, -0.2) is 46.3 Å². The number of furan rings is 1. The van der Waals surface area contributed by atoms with Gasteiger partial charge in [-0.05, 0) is 84.2 Å². The molecule has 0 bridgehead atoms. The number of nitrogens with one attached hydrogen (secondary N) is 1. The lowest BCUT2D eigenvalue weighted by Crippen LogP contribution is -2.32. The molecule has 1 fully saturated rings. The van der Waals surface area contributed by atoms with Crippen molar-refractivity contribution in [1.82, 2.24) is 5.32 Å². The zero-order chi connectivity index (χ0) is 29.1. The fraction of sp³-hybridized carbons (Fsp3) is 0.276. The summed E-state index contributed by atoms with van der Waals surface area (Å²) in [5.74, 6) is -0.314. The predicted octanol–water partition coefficient (Wildman–Crippen LogP) is 4.74. The Kier molecular flexibility index (Phi) is 7.09. The molecule has 12 heteroatoms. The molecule has 1 aliphatic heterocycles. The molecule has 6 rings (SSSR count). The Morgan fingerprint density at radius 1 is 1.15 bits per heavy atom. The average molecular weight is 597 g/mol. The van der Waals surface area contributed by atoms with Crippen molar-refractivity contribution in [3.63, 3.8) is 0 Å². The third-order valence-electron chi connectivity index (χ3n) is 7.63. The van der Waals surface area contributed by atoms with Crippen LogP contribution in [0.4, 0.5) is 10.1 Å². The van der Waals surface area contributed by atoms with Gasteiger partial charge >= 0.3 is 7.12 Å². The summed E-state index contributed by atoms with van der Waals surface area (Å²) < 4.78 is 53.3. The molecule has 2 N–H and O–H groups in total. The molecule has 212 valence electrons. The summed E-state index contributed by atoms with van der Waals surface area (Å²) >= 11 is 6.08. The van der Waals surface area contributed by atoms with E-state index < -0.39 is 29.1 Å². The molecule has 0 radical (unpaired) electrons. The highest BCUT2D eigenvalue weighted by molar-refractivity contribution is 7.92. The lowest BCUT2D eigenvalue weighted by atomic mass is 9.79. The average Bonchev–Trinajstić information content (AvgIpc) is 3.64. The first-order valence-electron chi connectivity index (χ1n) is 13.2. The minimum Gasteiger partial charge on any atom is -0.455 e. The minimum atomic E-state index is -3.77. The number of carbonyl (C=O) groups is 1. The molecule has 2 heterocycles. The number of fused-ring (bicyclic) bond motifs is 2. The van der Waals surface area contributed by atoms with Gasteiger partial charge in [-0.1, -0.05) is 17.7 Å². The van der Waals surface area contributed by atoms with Crippen molar-refractivity contribution in [3.8, 4) is 11.3 Å². The second-order valence-corrected chi connectivity index (χ2v) is 12.8. The number of nitrogens with zero attached hydrogens (tertiary/aromatic N) is 1. The minimum absolute atomic E-state index is 0.0469. The van der Waals surface area contributed by atoms with E-state index in [0.29, 0.717) is 49.6 Å². The van der Waals surface area contributed by atoms with Crippen LogP contribution < -0.4 is 15.1 Å². The maximum Gasteiger partial charge on any atom is 0.492 e. The van der Waals surface area contributed by atoms with Crippen LogP contribution >= 0.6 is 11.6 Å². The number of sulfonamides is 1. The monoisotopic (exact) mass is 596 g/mol. The number of benzene rings is 3. The number of halogens is 2. The first-order chi connectivity index (χ1) is 19.5. The van der Waals surface area contributed by atoms with Crippen LogP contribution in [0, 0.1) is 5.82 Å². The molecule has 41 heavy (non-hydrogen) atoms. The SMILES string of the molecule is CNC(=O)c1c(-c2ccc(Cl)cc2)oc2cc(N(CCC3OB(O)c4cc(F)ccc43)S(C)(=O)=O)c(C3CC3)cc12. The Morgan fingerprint density at radius 2 is 1.88 bits per heavy atom. The first-order valence-corrected chi connectivity index (χ1v) is 15.5. The van der Waals surface area contributed by atoms with Gasteiger partial charge in [0, 0.05) is 35.6 Å². The van der Waals surface area contributed by atoms with Gasteiger partial charge in [-0.25, -0.2) is 12.8 Å². The van der Waals surface area contributed by atoms with Crippen molar-refractivity contribution in [2.75, 3.05) is 24.2 Å². The fourth-order valence-electron chi connectivity index (χ4n) is 5.52. The van der Waals surface area contributed by atoms with E-state index in [4.69, 9.17) is 20.7 Å². The van der Waals surface area contributed by atoms with E-state index in [1.54, 1.807) is 43.4 Å². The smallest absolute Gasteiger partial charge is 0.455 e. The molecule has 2 aliphatic rings. The van der Waals surface area contributed by atoms with E-state index in [1.165, 1.54) is 16.4 Å². The van der Waals surface area contributed by atoms with Gasteiger partial charge in [-0.15, -0.1) is 0 Å². The Labute approximate surface area is 242 Å². The summed E-state index contributed by atoms with van der Waals surface area (Å²) in [6.45, 7) is 0.0469. The molecular formula is C29H27BClFN2O6S. The Balaban J connectivity index is 1.43. The summed E-state index contributed by atoms with van der Waals surface area (Å²) in [4.78, 5) is 13.1. The second kappa shape index (κ2) is 10.5. The quantitative estimate of drug-likeness (QED) is 0.284. The number of carbonyl (C=O) groups excluding carboxylic acids is 1. The van der Waals surface area contributed by atoms with Crippen LogP contribution in [0.1, 0.15) is 52.8 Å². The Bertz CT molecular complexity index is 1770. The maximum absolute atomic E-state index is 13.7. The second-order valence-electron chi connectivity index (χ2n) is 10.4. The van der Waals surface area contributed by atoms with Crippen molar-refractivity contribution in [2.24, 2.45) is 0 Å². The van der Waals surface area contributed by atoms with Gasteiger partial charge in [0.1, 0.15) is 17.2 Å². The number of rotatable bonds is 8. The summed E-state index contributed by atoms with van der Waals surface area (Å²) in [6.07, 6.45) is 2.54. The van der Waals surface area contributed by atoms with Gasteiger partial charge in [-0.2, -0.15) is 0 Å². The number of anilines is 1.